The Kier molecular flexibility index (Phi) is 6.53. The third kappa shape index (κ3) is 4.34. The number of hydrogen-bond donors (Lipinski definition) is 1. The van der Waals surface area contributed by atoms with Gasteiger partial charge in [0, 0.05) is 30.8 Å². The Morgan fingerprint density at radius 1 is 0.889 bits per heavy atom. The molecule has 1 aliphatic rings. The molecular formula is C21H27FN2O3. The van der Waals surface area contributed by atoms with Gasteiger partial charge in [0.25, 0.3) is 0 Å². The largest absolute Gasteiger partial charge is 0.497 e. The van der Waals surface area contributed by atoms with Gasteiger partial charge in [-0.15, -0.1) is 0 Å². The quantitative estimate of drug-likeness (QED) is 0.841. The number of nitrogens with zero attached hydrogens (tertiary/aromatic N) is 1. The zero-order valence-electron chi connectivity index (χ0n) is 16.1. The molecule has 2 aromatic rings. The van der Waals surface area contributed by atoms with Crippen molar-refractivity contribution in [2.24, 2.45) is 0 Å². The van der Waals surface area contributed by atoms with E-state index in [1.807, 2.05) is 18.2 Å². The predicted molar refractivity (Wildman–Crippen MR) is 103 cm³/mol. The van der Waals surface area contributed by atoms with Crippen LogP contribution >= 0.6 is 0 Å². The van der Waals surface area contributed by atoms with Crippen LogP contribution in [0.2, 0.25) is 0 Å². The van der Waals surface area contributed by atoms with Gasteiger partial charge in [-0.05, 0) is 49.4 Å². The minimum atomic E-state index is -0.286. The molecule has 1 aliphatic heterocycles. The van der Waals surface area contributed by atoms with E-state index in [1.54, 1.807) is 33.5 Å². The minimum absolute atomic E-state index is 0.208. The lowest BCUT2D eigenvalue weighted by Crippen LogP contribution is -2.33. The fourth-order valence-electron chi connectivity index (χ4n) is 3.66. The summed E-state index contributed by atoms with van der Waals surface area (Å²) in [5.41, 5.74) is 1.72. The SMILES string of the molecule is COc1ccc(OC)c(C(c2cc(F)ccc2OC)N2CCCNCC2)c1. The van der Waals surface area contributed by atoms with E-state index >= 15 is 0 Å². The van der Waals surface area contributed by atoms with E-state index in [-0.39, 0.29) is 11.9 Å². The van der Waals surface area contributed by atoms with E-state index in [9.17, 15) is 4.39 Å². The molecule has 0 aromatic heterocycles. The third-order valence-electron chi connectivity index (χ3n) is 4.96. The Bertz CT molecular complexity index is 761. The van der Waals surface area contributed by atoms with Crippen molar-refractivity contribution >= 4 is 0 Å². The molecule has 0 saturated carbocycles. The van der Waals surface area contributed by atoms with Gasteiger partial charge >= 0.3 is 0 Å². The normalized spacial score (nSPS) is 16.4. The third-order valence-corrected chi connectivity index (χ3v) is 4.96. The second-order valence-electron chi connectivity index (χ2n) is 6.54. The van der Waals surface area contributed by atoms with Gasteiger partial charge in [0.05, 0.1) is 27.4 Å². The van der Waals surface area contributed by atoms with E-state index in [4.69, 9.17) is 14.2 Å². The Morgan fingerprint density at radius 2 is 1.59 bits per heavy atom. The van der Waals surface area contributed by atoms with Gasteiger partial charge in [0.1, 0.15) is 23.1 Å². The molecule has 1 N–H and O–H groups in total. The van der Waals surface area contributed by atoms with Crippen LogP contribution in [0, 0.1) is 5.82 Å². The smallest absolute Gasteiger partial charge is 0.124 e. The van der Waals surface area contributed by atoms with Crippen molar-refractivity contribution in [3.05, 3.63) is 53.3 Å². The maximum absolute atomic E-state index is 14.2. The van der Waals surface area contributed by atoms with Gasteiger partial charge in [-0.2, -0.15) is 0 Å². The number of ether oxygens (including phenoxy) is 3. The maximum atomic E-state index is 14.2. The molecule has 146 valence electrons. The minimum Gasteiger partial charge on any atom is -0.497 e. The van der Waals surface area contributed by atoms with Gasteiger partial charge in [0.2, 0.25) is 0 Å². The number of rotatable bonds is 6. The molecule has 1 saturated heterocycles. The highest BCUT2D eigenvalue weighted by Crippen LogP contribution is 2.40. The summed E-state index contributed by atoms with van der Waals surface area (Å²) in [5, 5.41) is 3.42. The fraction of sp³-hybridized carbons (Fsp3) is 0.429. The van der Waals surface area contributed by atoms with Crippen LogP contribution in [0.4, 0.5) is 4.39 Å². The van der Waals surface area contributed by atoms with Crippen molar-refractivity contribution in [3.63, 3.8) is 0 Å². The van der Waals surface area contributed by atoms with E-state index in [1.165, 1.54) is 6.07 Å². The van der Waals surface area contributed by atoms with Gasteiger partial charge in [0.15, 0.2) is 0 Å². The van der Waals surface area contributed by atoms with E-state index in [0.717, 1.165) is 55.2 Å². The molecule has 0 spiro atoms. The van der Waals surface area contributed by atoms with Crippen molar-refractivity contribution in [2.45, 2.75) is 12.5 Å². The van der Waals surface area contributed by atoms with Crippen molar-refractivity contribution in [3.8, 4) is 17.2 Å². The Labute approximate surface area is 160 Å². The summed E-state index contributed by atoms with van der Waals surface area (Å²) in [4.78, 5) is 2.34. The summed E-state index contributed by atoms with van der Waals surface area (Å²) in [7, 11) is 4.90. The highest BCUT2D eigenvalue weighted by Gasteiger charge is 2.29. The second kappa shape index (κ2) is 9.06. The maximum Gasteiger partial charge on any atom is 0.124 e. The molecule has 27 heavy (non-hydrogen) atoms. The van der Waals surface area contributed by atoms with Crippen LogP contribution in [-0.4, -0.2) is 52.4 Å². The first kappa shape index (κ1) is 19.5. The van der Waals surface area contributed by atoms with Crippen LogP contribution < -0.4 is 19.5 Å². The number of halogens is 1. The molecule has 1 atom stereocenters. The predicted octanol–water partition coefficient (Wildman–Crippen LogP) is 3.24. The van der Waals surface area contributed by atoms with Crippen molar-refractivity contribution < 1.29 is 18.6 Å². The Morgan fingerprint density at radius 3 is 2.30 bits per heavy atom. The topological polar surface area (TPSA) is 43.0 Å². The summed E-state index contributed by atoms with van der Waals surface area (Å²) in [6.07, 6.45) is 1.01. The van der Waals surface area contributed by atoms with Crippen LogP contribution in [0.5, 0.6) is 17.2 Å². The number of nitrogens with one attached hydrogen (secondary N) is 1. The molecular weight excluding hydrogens is 347 g/mol. The van der Waals surface area contributed by atoms with Gasteiger partial charge in [-0.25, -0.2) is 4.39 Å². The molecule has 1 unspecified atom stereocenters. The molecule has 0 radical (unpaired) electrons. The molecule has 6 heteroatoms. The Hall–Kier alpha value is -2.31. The lowest BCUT2D eigenvalue weighted by Gasteiger charge is -2.33. The van der Waals surface area contributed by atoms with Crippen LogP contribution in [0.3, 0.4) is 0 Å². The molecule has 0 bridgehead atoms. The molecule has 0 amide bonds. The standard InChI is InChI=1S/C21H27FN2O3/c1-25-16-6-8-20(27-3)18(14-16)21(24-11-4-9-23-10-12-24)17-13-15(22)5-7-19(17)26-2/h5-8,13-14,21,23H,4,9-12H2,1-3H3. The van der Waals surface area contributed by atoms with E-state index in [0.29, 0.717) is 5.75 Å². The molecule has 5 nitrogen and oxygen atoms in total. The van der Waals surface area contributed by atoms with Crippen molar-refractivity contribution in [2.75, 3.05) is 47.5 Å². The monoisotopic (exact) mass is 374 g/mol. The summed E-state index contributed by atoms with van der Waals surface area (Å²) in [6.45, 7) is 3.57. The van der Waals surface area contributed by atoms with Gasteiger partial charge in [-0.3, -0.25) is 4.90 Å². The van der Waals surface area contributed by atoms with Crippen LogP contribution in [0.25, 0.3) is 0 Å². The van der Waals surface area contributed by atoms with E-state index < -0.39 is 0 Å². The molecule has 1 fully saturated rings. The van der Waals surface area contributed by atoms with Gasteiger partial charge in [-0.1, -0.05) is 0 Å². The molecule has 1 heterocycles. The highest BCUT2D eigenvalue weighted by molar-refractivity contribution is 5.49. The zero-order valence-corrected chi connectivity index (χ0v) is 16.1. The summed E-state index contributed by atoms with van der Waals surface area (Å²) in [5.74, 6) is 1.84. The average Bonchev–Trinajstić information content (AvgIpc) is 2.98. The summed E-state index contributed by atoms with van der Waals surface area (Å²) in [6, 6.07) is 10.2. The number of methoxy groups -OCH3 is 3. The molecule has 2 aromatic carbocycles. The van der Waals surface area contributed by atoms with Crippen LogP contribution in [-0.2, 0) is 0 Å². The number of hydrogen-bond acceptors (Lipinski definition) is 5. The molecule has 3 rings (SSSR count). The summed E-state index contributed by atoms with van der Waals surface area (Å²) < 4.78 is 30.8. The lowest BCUT2D eigenvalue weighted by atomic mass is 9.94. The van der Waals surface area contributed by atoms with Crippen molar-refractivity contribution in [1.29, 1.82) is 0 Å². The first-order valence-corrected chi connectivity index (χ1v) is 9.18. The Balaban J connectivity index is 2.18. The first-order chi connectivity index (χ1) is 13.2. The van der Waals surface area contributed by atoms with Gasteiger partial charge < -0.3 is 19.5 Å². The fourth-order valence-corrected chi connectivity index (χ4v) is 3.66. The van der Waals surface area contributed by atoms with E-state index in [2.05, 4.69) is 10.2 Å². The van der Waals surface area contributed by atoms with Crippen LogP contribution in [0.1, 0.15) is 23.6 Å². The number of benzene rings is 2. The first-order valence-electron chi connectivity index (χ1n) is 9.18. The molecule has 0 aliphatic carbocycles. The average molecular weight is 374 g/mol. The lowest BCUT2D eigenvalue weighted by molar-refractivity contribution is 0.230. The highest BCUT2D eigenvalue weighted by atomic mass is 19.1. The second-order valence-corrected chi connectivity index (χ2v) is 6.54. The van der Waals surface area contributed by atoms with Crippen molar-refractivity contribution in [1.82, 2.24) is 10.2 Å². The zero-order chi connectivity index (χ0) is 19.2. The summed E-state index contributed by atoms with van der Waals surface area (Å²) >= 11 is 0. The van der Waals surface area contributed by atoms with Crippen LogP contribution in [0.15, 0.2) is 36.4 Å².